The van der Waals surface area contributed by atoms with Crippen molar-refractivity contribution in [3.05, 3.63) is 0 Å². The van der Waals surface area contributed by atoms with Crippen molar-refractivity contribution in [2.75, 3.05) is 13.1 Å². The van der Waals surface area contributed by atoms with E-state index in [4.69, 9.17) is 0 Å². The maximum Gasteiger partial charge on any atom is 0.240 e. The summed E-state index contributed by atoms with van der Waals surface area (Å²) in [4.78, 5) is 15.4. The molecule has 21 heavy (non-hydrogen) atoms. The molecule has 1 heterocycles. The van der Waals surface area contributed by atoms with E-state index < -0.39 is 0 Å². The van der Waals surface area contributed by atoms with Crippen molar-refractivity contribution in [1.29, 1.82) is 0 Å². The van der Waals surface area contributed by atoms with Crippen LogP contribution in [-0.2, 0) is 4.79 Å². The fourth-order valence-corrected chi connectivity index (χ4v) is 4.72. The Bertz CT molecular complexity index is 362. The Hall–Kier alpha value is -0.570. The van der Waals surface area contributed by atoms with Gasteiger partial charge in [-0.25, -0.2) is 0 Å². The summed E-state index contributed by atoms with van der Waals surface area (Å²) in [6.45, 7) is 6.57. The van der Waals surface area contributed by atoms with Gasteiger partial charge in [0.15, 0.2) is 0 Å². The summed E-state index contributed by atoms with van der Waals surface area (Å²) in [5.41, 5.74) is 0. The lowest BCUT2D eigenvalue weighted by molar-refractivity contribution is -0.136. The number of amides is 1. The third-order valence-electron chi connectivity index (χ3n) is 6.01. The van der Waals surface area contributed by atoms with Gasteiger partial charge in [-0.2, -0.15) is 0 Å². The van der Waals surface area contributed by atoms with E-state index in [-0.39, 0.29) is 6.04 Å². The predicted octanol–water partition coefficient (Wildman–Crippen LogP) is 3.19. The highest BCUT2D eigenvalue weighted by Gasteiger charge is 2.44. The van der Waals surface area contributed by atoms with Gasteiger partial charge in [0.05, 0.1) is 6.04 Å². The molecule has 0 aromatic carbocycles. The Morgan fingerprint density at radius 1 is 1.14 bits per heavy atom. The number of hydrogen-bond acceptors (Lipinski definition) is 2. The second kappa shape index (κ2) is 6.68. The number of fused-ring (bicyclic) bond motifs is 1. The van der Waals surface area contributed by atoms with Crippen molar-refractivity contribution >= 4 is 5.91 Å². The zero-order valence-electron chi connectivity index (χ0n) is 13.8. The number of rotatable bonds is 5. The van der Waals surface area contributed by atoms with Gasteiger partial charge in [-0.15, -0.1) is 0 Å². The molecule has 0 radical (unpaired) electrons. The first-order chi connectivity index (χ1) is 10.2. The molecule has 0 bridgehead atoms. The third kappa shape index (κ3) is 3.28. The van der Waals surface area contributed by atoms with Crippen molar-refractivity contribution < 1.29 is 4.79 Å². The fraction of sp³-hybridized carbons (Fsp3) is 0.944. The third-order valence-corrected chi connectivity index (χ3v) is 6.01. The summed E-state index contributed by atoms with van der Waals surface area (Å²) in [5.74, 6) is 2.50. The number of nitrogens with one attached hydrogen (secondary N) is 1. The molecule has 2 saturated carbocycles. The molecule has 0 aromatic heterocycles. The van der Waals surface area contributed by atoms with Crippen molar-refractivity contribution in [2.45, 2.75) is 77.3 Å². The van der Waals surface area contributed by atoms with E-state index in [1.165, 1.54) is 44.9 Å². The minimum absolute atomic E-state index is 0.130. The number of hydrogen-bond donors (Lipinski definition) is 1. The van der Waals surface area contributed by atoms with E-state index in [1.54, 1.807) is 0 Å². The first-order valence-corrected chi connectivity index (χ1v) is 9.20. The minimum Gasteiger partial charge on any atom is -0.338 e. The summed E-state index contributed by atoms with van der Waals surface area (Å²) < 4.78 is 0. The second-order valence-corrected chi connectivity index (χ2v) is 7.89. The molecule has 3 aliphatic rings. The first kappa shape index (κ1) is 15.3. The van der Waals surface area contributed by atoms with Crippen molar-refractivity contribution in [1.82, 2.24) is 10.2 Å². The summed E-state index contributed by atoms with van der Waals surface area (Å²) >= 11 is 0. The monoisotopic (exact) mass is 292 g/mol. The lowest BCUT2D eigenvalue weighted by atomic mass is 9.92. The Kier molecular flexibility index (Phi) is 4.88. The molecule has 120 valence electrons. The van der Waals surface area contributed by atoms with Crippen molar-refractivity contribution in [3.63, 3.8) is 0 Å². The predicted molar refractivity (Wildman–Crippen MR) is 86.0 cm³/mol. The Morgan fingerprint density at radius 3 is 2.62 bits per heavy atom. The van der Waals surface area contributed by atoms with Gasteiger partial charge in [-0.05, 0) is 56.4 Å². The van der Waals surface area contributed by atoms with E-state index >= 15 is 0 Å². The molecule has 1 aliphatic heterocycles. The summed E-state index contributed by atoms with van der Waals surface area (Å²) in [6.07, 6.45) is 10.1. The van der Waals surface area contributed by atoms with Crippen LogP contribution in [0, 0.1) is 17.8 Å². The Balaban J connectivity index is 1.67. The van der Waals surface area contributed by atoms with Gasteiger partial charge in [0.1, 0.15) is 0 Å². The molecule has 0 aromatic rings. The van der Waals surface area contributed by atoms with E-state index in [2.05, 4.69) is 24.1 Å². The van der Waals surface area contributed by atoms with Crippen LogP contribution in [-0.4, -0.2) is 36.0 Å². The Labute approximate surface area is 129 Å². The standard InChI is InChI=1S/C18H32N2O/c1-13(2)10-11-20(15-7-3-4-8-15)18(21)17-16-9-5-6-14(16)12-19-17/h13-17,19H,3-12H2,1-2H3. The number of carbonyl (C=O) groups is 1. The van der Waals surface area contributed by atoms with Crippen LogP contribution in [0.15, 0.2) is 0 Å². The summed E-state index contributed by atoms with van der Waals surface area (Å²) in [7, 11) is 0. The van der Waals surface area contributed by atoms with E-state index in [0.29, 0.717) is 23.8 Å². The second-order valence-electron chi connectivity index (χ2n) is 7.89. The zero-order chi connectivity index (χ0) is 14.8. The molecule has 3 nitrogen and oxygen atoms in total. The molecule has 3 unspecified atom stereocenters. The SMILES string of the molecule is CC(C)CCN(C(=O)C1NCC2CCCC21)C1CCCC1. The molecular formula is C18H32N2O. The van der Waals surface area contributed by atoms with Crippen LogP contribution in [0.25, 0.3) is 0 Å². The van der Waals surface area contributed by atoms with Gasteiger partial charge in [0.25, 0.3) is 0 Å². The highest BCUT2D eigenvalue weighted by Crippen LogP contribution is 2.39. The van der Waals surface area contributed by atoms with Gasteiger partial charge in [0, 0.05) is 12.6 Å². The van der Waals surface area contributed by atoms with Crippen LogP contribution in [0.4, 0.5) is 0 Å². The van der Waals surface area contributed by atoms with Gasteiger partial charge in [0.2, 0.25) is 5.91 Å². The summed E-state index contributed by atoms with van der Waals surface area (Å²) in [5, 5.41) is 3.56. The Morgan fingerprint density at radius 2 is 1.90 bits per heavy atom. The highest BCUT2D eigenvalue weighted by atomic mass is 16.2. The molecule has 1 N–H and O–H groups in total. The average molecular weight is 292 g/mol. The molecule has 1 saturated heterocycles. The molecule has 1 amide bonds. The molecule has 3 atom stereocenters. The maximum absolute atomic E-state index is 13.2. The van der Waals surface area contributed by atoms with Crippen LogP contribution < -0.4 is 5.32 Å². The van der Waals surface area contributed by atoms with Crippen LogP contribution in [0.2, 0.25) is 0 Å². The highest BCUT2D eigenvalue weighted by molar-refractivity contribution is 5.83. The quantitative estimate of drug-likeness (QED) is 0.844. The van der Waals surface area contributed by atoms with Gasteiger partial charge >= 0.3 is 0 Å². The normalized spacial score (nSPS) is 32.8. The number of nitrogens with zero attached hydrogens (tertiary/aromatic N) is 1. The topological polar surface area (TPSA) is 32.3 Å². The van der Waals surface area contributed by atoms with Crippen LogP contribution >= 0.6 is 0 Å². The maximum atomic E-state index is 13.2. The zero-order valence-corrected chi connectivity index (χ0v) is 13.8. The van der Waals surface area contributed by atoms with E-state index in [9.17, 15) is 4.79 Å². The minimum atomic E-state index is 0.130. The van der Waals surface area contributed by atoms with Gasteiger partial charge in [-0.1, -0.05) is 33.1 Å². The van der Waals surface area contributed by atoms with Crippen molar-refractivity contribution in [3.8, 4) is 0 Å². The van der Waals surface area contributed by atoms with Crippen LogP contribution in [0.5, 0.6) is 0 Å². The molecule has 3 rings (SSSR count). The molecule has 3 fully saturated rings. The van der Waals surface area contributed by atoms with Gasteiger partial charge in [-0.3, -0.25) is 4.79 Å². The van der Waals surface area contributed by atoms with Crippen LogP contribution in [0.1, 0.15) is 65.2 Å². The first-order valence-electron chi connectivity index (χ1n) is 9.20. The summed E-state index contributed by atoms with van der Waals surface area (Å²) in [6, 6.07) is 0.656. The largest absolute Gasteiger partial charge is 0.338 e. The van der Waals surface area contributed by atoms with Gasteiger partial charge < -0.3 is 10.2 Å². The molecule has 3 heteroatoms. The van der Waals surface area contributed by atoms with Crippen molar-refractivity contribution in [2.24, 2.45) is 17.8 Å². The molecular weight excluding hydrogens is 260 g/mol. The average Bonchev–Trinajstić information content (AvgIpc) is 3.15. The molecule has 2 aliphatic carbocycles. The smallest absolute Gasteiger partial charge is 0.240 e. The number of carbonyl (C=O) groups excluding carboxylic acids is 1. The van der Waals surface area contributed by atoms with E-state index in [1.807, 2.05) is 0 Å². The lowest BCUT2D eigenvalue weighted by Gasteiger charge is -2.33. The molecule has 0 spiro atoms. The van der Waals surface area contributed by atoms with E-state index in [0.717, 1.165) is 25.4 Å². The van der Waals surface area contributed by atoms with Crippen LogP contribution in [0.3, 0.4) is 0 Å². The lowest BCUT2D eigenvalue weighted by Crippen LogP contribution is -2.50. The fourth-order valence-electron chi connectivity index (χ4n) is 4.72.